The molecule has 0 radical (unpaired) electrons. The van der Waals surface area contributed by atoms with Gasteiger partial charge >= 0.3 is 5.97 Å². The van der Waals surface area contributed by atoms with Crippen molar-refractivity contribution >= 4 is 35.1 Å². The van der Waals surface area contributed by atoms with Crippen LogP contribution in [-0.2, 0) is 27.5 Å². The molecule has 1 amide bonds. The molecule has 0 aliphatic rings. The van der Waals surface area contributed by atoms with Gasteiger partial charge in [-0.05, 0) is 42.8 Å². The van der Waals surface area contributed by atoms with E-state index in [1.54, 1.807) is 0 Å². The number of hydrogen-bond acceptors (Lipinski definition) is 8. The Morgan fingerprint density at radius 2 is 1.97 bits per heavy atom. The number of rotatable bonds is 9. The molecule has 10 nitrogen and oxygen atoms in total. The molecule has 2 aromatic carbocycles. The van der Waals surface area contributed by atoms with Gasteiger partial charge in [0, 0.05) is 17.0 Å². The Morgan fingerprint density at radius 3 is 2.65 bits per heavy atom. The first-order valence-electron chi connectivity index (χ1n) is 10.6. The second-order valence-electron chi connectivity index (χ2n) is 7.91. The number of nitrogens with two attached hydrogens (primary N) is 2. The van der Waals surface area contributed by atoms with Crippen LogP contribution in [0.3, 0.4) is 0 Å². The maximum atomic E-state index is 15.4. The molecule has 13 heteroatoms. The summed E-state index contributed by atoms with van der Waals surface area (Å²) in [5.41, 5.74) is 10.9. The minimum absolute atomic E-state index is 0.0203. The van der Waals surface area contributed by atoms with E-state index >= 15 is 4.39 Å². The van der Waals surface area contributed by atoms with Crippen LogP contribution in [0.2, 0.25) is 10.0 Å². The molecule has 0 bridgehead atoms. The van der Waals surface area contributed by atoms with Crippen molar-refractivity contribution in [3.63, 3.8) is 0 Å². The summed E-state index contributed by atoms with van der Waals surface area (Å²) >= 11 is 12.1. The zero-order chi connectivity index (χ0) is 27.3. The lowest BCUT2D eigenvalue weighted by Crippen LogP contribution is -2.38. The number of nitriles is 1. The number of nitrogens with zero attached hydrogens (tertiary/aromatic N) is 3. The number of amides is 1. The fourth-order valence-electron chi connectivity index (χ4n) is 3.25. The van der Waals surface area contributed by atoms with Gasteiger partial charge in [0.2, 0.25) is 5.91 Å². The average molecular weight is 548 g/mol. The van der Waals surface area contributed by atoms with Crippen molar-refractivity contribution in [3.05, 3.63) is 85.0 Å². The summed E-state index contributed by atoms with van der Waals surface area (Å²) in [5.74, 6) is -2.69. The van der Waals surface area contributed by atoms with Crippen molar-refractivity contribution < 1.29 is 23.5 Å². The Morgan fingerprint density at radius 1 is 1.24 bits per heavy atom. The summed E-state index contributed by atoms with van der Waals surface area (Å²) in [4.78, 5) is 35.3. The Balaban J connectivity index is 1.85. The van der Waals surface area contributed by atoms with Gasteiger partial charge in [-0.2, -0.15) is 15.0 Å². The van der Waals surface area contributed by atoms with Crippen LogP contribution < -0.4 is 21.8 Å². The monoisotopic (exact) mass is 547 g/mol. The maximum absolute atomic E-state index is 15.4. The number of primary amides is 1. The highest BCUT2D eigenvalue weighted by Gasteiger charge is 2.20. The molecule has 1 atom stereocenters. The highest BCUT2D eigenvalue weighted by atomic mass is 35.5. The minimum atomic E-state index is -1.29. The highest BCUT2D eigenvalue weighted by Crippen LogP contribution is 2.35. The molecule has 4 N–H and O–H groups in total. The number of carbonyl (C=O) groups excluding carboxylic acids is 2. The molecule has 1 unspecified atom stereocenters. The van der Waals surface area contributed by atoms with Crippen LogP contribution in [0.25, 0.3) is 0 Å². The molecular formula is C24H20Cl2FN5O5. The van der Waals surface area contributed by atoms with Gasteiger partial charge < -0.3 is 20.9 Å². The van der Waals surface area contributed by atoms with Crippen LogP contribution in [-0.4, -0.2) is 27.7 Å². The molecule has 0 spiro atoms. The van der Waals surface area contributed by atoms with Crippen LogP contribution in [0.4, 0.5) is 4.39 Å². The molecule has 0 saturated carbocycles. The number of benzene rings is 2. The molecule has 0 aliphatic carbocycles. The first-order chi connectivity index (χ1) is 17.5. The zero-order valence-electron chi connectivity index (χ0n) is 19.3. The standard InChI is InChI=1S/C24H20Cl2FN5O5/c1-12-4-16(31-32(23(12)34)11-36-24(35)19(29)9-20(30)33)7-14-2-3-18(26)22(21(14)27)37-17-6-13(10-28)5-15(25)8-17/h2-6,8,19H,7,9,11,29H2,1H3,(H2,30,33). The smallest absolute Gasteiger partial charge is 0.325 e. The van der Waals surface area contributed by atoms with Crippen LogP contribution in [0.1, 0.15) is 28.8 Å². The van der Waals surface area contributed by atoms with Crippen molar-refractivity contribution in [2.45, 2.75) is 32.5 Å². The number of aromatic nitrogens is 2. The maximum Gasteiger partial charge on any atom is 0.325 e. The quantitative estimate of drug-likeness (QED) is 0.386. The van der Waals surface area contributed by atoms with Crippen molar-refractivity contribution in [2.75, 3.05) is 0 Å². The third kappa shape index (κ3) is 7.04. The van der Waals surface area contributed by atoms with Crippen LogP contribution >= 0.6 is 23.2 Å². The lowest BCUT2D eigenvalue weighted by atomic mass is 10.1. The predicted molar refractivity (Wildman–Crippen MR) is 132 cm³/mol. The van der Waals surface area contributed by atoms with Crippen molar-refractivity contribution in [1.82, 2.24) is 9.78 Å². The van der Waals surface area contributed by atoms with Gasteiger partial charge in [-0.25, -0.2) is 4.39 Å². The number of aryl methyl sites for hydroxylation is 1. The minimum Gasteiger partial charge on any atom is -0.453 e. The Bertz CT molecular complexity index is 1470. The average Bonchev–Trinajstić information content (AvgIpc) is 2.83. The van der Waals surface area contributed by atoms with E-state index in [1.165, 1.54) is 43.3 Å². The van der Waals surface area contributed by atoms with Gasteiger partial charge in [0.25, 0.3) is 5.56 Å². The van der Waals surface area contributed by atoms with Crippen molar-refractivity contribution in [1.29, 1.82) is 5.26 Å². The summed E-state index contributed by atoms with van der Waals surface area (Å²) in [7, 11) is 0. The zero-order valence-corrected chi connectivity index (χ0v) is 20.8. The highest BCUT2D eigenvalue weighted by molar-refractivity contribution is 6.32. The molecular weight excluding hydrogens is 528 g/mol. The van der Waals surface area contributed by atoms with Gasteiger partial charge in [-0.1, -0.05) is 29.3 Å². The van der Waals surface area contributed by atoms with Crippen LogP contribution in [0, 0.1) is 24.1 Å². The van der Waals surface area contributed by atoms with E-state index in [1.807, 2.05) is 6.07 Å². The first kappa shape index (κ1) is 27.6. The molecule has 1 aromatic heterocycles. The van der Waals surface area contributed by atoms with Gasteiger partial charge in [0.1, 0.15) is 11.8 Å². The Labute approximate surface area is 220 Å². The summed E-state index contributed by atoms with van der Waals surface area (Å²) < 4.78 is 26.8. The van der Waals surface area contributed by atoms with Gasteiger partial charge in [-0.15, -0.1) is 0 Å². The third-order valence-corrected chi connectivity index (χ3v) is 5.49. The molecule has 0 saturated heterocycles. The van der Waals surface area contributed by atoms with Gasteiger partial charge in [-0.3, -0.25) is 14.4 Å². The van der Waals surface area contributed by atoms with Crippen molar-refractivity contribution in [3.8, 4) is 17.6 Å². The van der Waals surface area contributed by atoms with E-state index in [9.17, 15) is 14.4 Å². The van der Waals surface area contributed by atoms with E-state index in [0.717, 1.165) is 4.68 Å². The first-order valence-corrected chi connectivity index (χ1v) is 11.4. The predicted octanol–water partition coefficient (Wildman–Crippen LogP) is 2.96. The lowest BCUT2D eigenvalue weighted by Gasteiger charge is -2.14. The summed E-state index contributed by atoms with van der Waals surface area (Å²) in [6.07, 6.45) is -0.498. The van der Waals surface area contributed by atoms with E-state index in [-0.39, 0.29) is 50.3 Å². The van der Waals surface area contributed by atoms with Crippen LogP contribution in [0.15, 0.2) is 41.2 Å². The topological polar surface area (TPSA) is 163 Å². The molecule has 3 rings (SSSR count). The second-order valence-corrected chi connectivity index (χ2v) is 8.75. The SMILES string of the molecule is Cc1cc(Cc2ccc(Cl)c(Oc3cc(Cl)cc(C#N)c3)c2F)nn(COC(=O)C(N)CC(N)=O)c1=O. The number of halogens is 3. The third-order valence-electron chi connectivity index (χ3n) is 4.98. The largest absolute Gasteiger partial charge is 0.453 e. The number of ether oxygens (including phenoxy) is 2. The lowest BCUT2D eigenvalue weighted by molar-refractivity contribution is -0.150. The molecule has 1 heterocycles. The number of esters is 1. The Kier molecular flexibility index (Phi) is 8.83. The molecule has 3 aromatic rings. The van der Waals surface area contributed by atoms with Crippen LogP contribution in [0.5, 0.6) is 11.5 Å². The van der Waals surface area contributed by atoms with E-state index < -0.39 is 42.4 Å². The van der Waals surface area contributed by atoms with Gasteiger partial charge in [0.15, 0.2) is 18.3 Å². The molecule has 0 aliphatic heterocycles. The Hall–Kier alpha value is -3.98. The summed E-state index contributed by atoms with van der Waals surface area (Å²) in [5, 5.41) is 13.5. The van der Waals surface area contributed by atoms with Gasteiger partial charge in [0.05, 0.1) is 28.8 Å². The summed E-state index contributed by atoms with van der Waals surface area (Å²) in [6, 6.07) is 9.17. The van der Waals surface area contributed by atoms with E-state index in [4.69, 9.17) is 49.4 Å². The second kappa shape index (κ2) is 11.8. The molecule has 192 valence electrons. The fourth-order valence-corrected chi connectivity index (χ4v) is 3.66. The molecule has 0 fully saturated rings. The normalized spacial score (nSPS) is 11.5. The number of carbonyl (C=O) groups is 2. The van der Waals surface area contributed by atoms with Crippen molar-refractivity contribution in [2.24, 2.45) is 11.5 Å². The fraction of sp³-hybridized carbons (Fsp3) is 0.208. The molecule has 37 heavy (non-hydrogen) atoms. The van der Waals surface area contributed by atoms with E-state index in [2.05, 4.69) is 5.10 Å². The number of hydrogen-bond donors (Lipinski definition) is 2. The summed E-state index contributed by atoms with van der Waals surface area (Å²) in [6.45, 7) is 0.940. The van der Waals surface area contributed by atoms with E-state index in [0.29, 0.717) is 0 Å².